The molecule has 0 radical (unpaired) electrons. The summed E-state index contributed by atoms with van der Waals surface area (Å²) in [4.78, 5) is 8.53. The minimum Gasteiger partial charge on any atom is -0.256 e. The maximum Gasteiger partial charge on any atom is 0.119 e. The Labute approximate surface area is 95.6 Å². The molecule has 1 heterocycles. The van der Waals surface area contributed by atoms with Crippen molar-refractivity contribution < 1.29 is 0 Å². The Morgan fingerprint density at radius 1 is 1.27 bits per heavy atom. The molecule has 1 rings (SSSR count). The first-order valence-corrected chi connectivity index (χ1v) is 6.22. The monoisotopic (exact) mass is 390 g/mol. The van der Waals surface area contributed by atoms with Crippen molar-refractivity contribution in [1.82, 2.24) is 9.97 Å². The van der Waals surface area contributed by atoms with Crippen LogP contribution in [0, 0.1) is 3.70 Å². The summed E-state index contributed by atoms with van der Waals surface area (Å²) < 4.78 is 0.932. The van der Waals surface area contributed by atoms with Crippen molar-refractivity contribution >= 4 is 54.5 Å². The van der Waals surface area contributed by atoms with Gasteiger partial charge in [-0.15, -0.1) is 0 Å². The summed E-state index contributed by atoms with van der Waals surface area (Å²) in [5.41, 5.74) is 2.01. The van der Waals surface area contributed by atoms with Crippen LogP contribution >= 0.6 is 54.5 Å². The second kappa shape index (κ2) is 4.71. The lowest BCUT2D eigenvalue weighted by molar-refractivity contribution is 1.01. The Kier molecular flexibility index (Phi) is 4.22. The van der Waals surface area contributed by atoms with Crippen LogP contribution in [0.1, 0.15) is 11.4 Å². The third-order valence-corrected chi connectivity index (χ3v) is 2.74. The fourth-order valence-corrected chi connectivity index (χ4v) is 1.99. The molecule has 11 heavy (non-hydrogen) atoms. The number of nitrogens with zero attached hydrogens (tertiary/aromatic N) is 2. The van der Waals surface area contributed by atoms with Gasteiger partial charge in [-0.2, -0.15) is 0 Å². The van der Waals surface area contributed by atoms with Crippen molar-refractivity contribution in [2.45, 2.75) is 10.7 Å². The Hall–Kier alpha value is 0.770. The molecule has 60 valence electrons. The van der Waals surface area contributed by atoms with Crippen LogP contribution in [0.4, 0.5) is 0 Å². The second-order valence-electron chi connectivity index (χ2n) is 1.85. The minimum absolute atomic E-state index is 0.762. The molecule has 1 aromatic heterocycles. The van der Waals surface area contributed by atoms with Gasteiger partial charge in [-0.25, -0.2) is 4.98 Å². The lowest BCUT2D eigenvalue weighted by Crippen LogP contribution is -1.98. The molecule has 0 amide bonds. The van der Waals surface area contributed by atoms with Gasteiger partial charge in [0.1, 0.15) is 3.70 Å². The number of halogens is 3. The predicted molar refractivity (Wildman–Crippen MR) is 60.0 cm³/mol. The van der Waals surface area contributed by atoms with Crippen LogP contribution in [-0.4, -0.2) is 9.97 Å². The minimum atomic E-state index is 0.762. The molecule has 0 N–H and O–H groups in total. The molecule has 0 unspecified atom stereocenters. The molecule has 0 spiro atoms. The smallest absolute Gasteiger partial charge is 0.119 e. The van der Waals surface area contributed by atoms with Crippen LogP contribution in [-0.2, 0) is 10.7 Å². The SMILES string of the molecule is BrCc1ncc(I)nc1CBr. The largest absolute Gasteiger partial charge is 0.256 e. The molecule has 0 fully saturated rings. The van der Waals surface area contributed by atoms with Gasteiger partial charge in [0.05, 0.1) is 17.6 Å². The number of hydrogen-bond acceptors (Lipinski definition) is 2. The van der Waals surface area contributed by atoms with Crippen LogP contribution in [0.25, 0.3) is 0 Å². The highest BCUT2D eigenvalue weighted by Gasteiger charge is 2.02. The van der Waals surface area contributed by atoms with Gasteiger partial charge in [-0.3, -0.25) is 4.98 Å². The molecule has 0 aromatic carbocycles. The fraction of sp³-hybridized carbons (Fsp3) is 0.333. The summed E-state index contributed by atoms with van der Waals surface area (Å²) in [6, 6.07) is 0. The van der Waals surface area contributed by atoms with Gasteiger partial charge in [-0.1, -0.05) is 31.9 Å². The maximum absolute atomic E-state index is 4.31. The zero-order chi connectivity index (χ0) is 8.27. The first-order valence-electron chi connectivity index (χ1n) is 2.90. The van der Waals surface area contributed by atoms with Crippen LogP contribution in [0.2, 0.25) is 0 Å². The van der Waals surface area contributed by atoms with Gasteiger partial charge >= 0.3 is 0 Å². The molecule has 0 atom stereocenters. The van der Waals surface area contributed by atoms with E-state index in [1.807, 2.05) is 0 Å². The van der Waals surface area contributed by atoms with Gasteiger partial charge in [0.15, 0.2) is 0 Å². The van der Waals surface area contributed by atoms with Crippen LogP contribution < -0.4 is 0 Å². The van der Waals surface area contributed by atoms with E-state index in [1.165, 1.54) is 0 Å². The average Bonchev–Trinajstić information content (AvgIpc) is 2.04. The molecule has 2 nitrogen and oxygen atoms in total. The van der Waals surface area contributed by atoms with E-state index in [2.05, 4.69) is 64.4 Å². The first kappa shape index (κ1) is 9.85. The summed E-state index contributed by atoms with van der Waals surface area (Å²) in [5, 5.41) is 1.52. The molecule has 5 heteroatoms. The van der Waals surface area contributed by atoms with Crippen molar-refractivity contribution in [3.63, 3.8) is 0 Å². The highest BCUT2D eigenvalue weighted by atomic mass is 127. The van der Waals surface area contributed by atoms with Crippen LogP contribution in [0.15, 0.2) is 6.20 Å². The van der Waals surface area contributed by atoms with Gasteiger partial charge in [0, 0.05) is 10.7 Å². The standard InChI is InChI=1S/C6H5Br2IN2/c7-1-4-5(2-8)11-6(9)3-10-4/h3H,1-2H2. The molecular formula is C6H5Br2IN2. The van der Waals surface area contributed by atoms with Crippen LogP contribution in [0.3, 0.4) is 0 Å². The molecule has 0 saturated heterocycles. The highest BCUT2D eigenvalue weighted by molar-refractivity contribution is 14.1. The summed E-state index contributed by atoms with van der Waals surface area (Å²) in [6.45, 7) is 0. The Morgan fingerprint density at radius 2 is 1.91 bits per heavy atom. The summed E-state index contributed by atoms with van der Waals surface area (Å²) in [7, 11) is 0. The summed E-state index contributed by atoms with van der Waals surface area (Å²) >= 11 is 8.86. The predicted octanol–water partition coefficient (Wildman–Crippen LogP) is 2.87. The fourth-order valence-electron chi connectivity index (χ4n) is 0.647. The normalized spacial score (nSPS) is 10.1. The van der Waals surface area contributed by atoms with Crippen molar-refractivity contribution in [1.29, 1.82) is 0 Å². The average molecular weight is 392 g/mol. The van der Waals surface area contributed by atoms with E-state index in [0.717, 1.165) is 25.7 Å². The van der Waals surface area contributed by atoms with Crippen molar-refractivity contribution in [2.75, 3.05) is 0 Å². The molecule has 0 aliphatic heterocycles. The molecule has 0 saturated carbocycles. The van der Waals surface area contributed by atoms with Gasteiger partial charge in [0.2, 0.25) is 0 Å². The number of rotatable bonds is 2. The number of aromatic nitrogens is 2. The number of hydrogen-bond donors (Lipinski definition) is 0. The highest BCUT2D eigenvalue weighted by Crippen LogP contribution is 2.12. The summed E-state index contributed by atoms with van der Waals surface area (Å²) in [6.07, 6.45) is 1.77. The molecule has 0 aliphatic rings. The summed E-state index contributed by atoms with van der Waals surface area (Å²) in [5.74, 6) is 0. The van der Waals surface area contributed by atoms with Crippen molar-refractivity contribution in [3.8, 4) is 0 Å². The Balaban J connectivity index is 3.06. The van der Waals surface area contributed by atoms with Crippen LogP contribution in [0.5, 0.6) is 0 Å². The van der Waals surface area contributed by atoms with Gasteiger partial charge in [-0.05, 0) is 22.6 Å². The molecular weight excluding hydrogens is 387 g/mol. The molecule has 0 bridgehead atoms. The zero-order valence-corrected chi connectivity index (χ0v) is 10.8. The lowest BCUT2D eigenvalue weighted by atomic mass is 10.4. The van der Waals surface area contributed by atoms with Crippen molar-refractivity contribution in [3.05, 3.63) is 21.3 Å². The van der Waals surface area contributed by atoms with Gasteiger partial charge < -0.3 is 0 Å². The van der Waals surface area contributed by atoms with E-state index >= 15 is 0 Å². The first-order chi connectivity index (χ1) is 5.27. The second-order valence-corrected chi connectivity index (χ2v) is 4.08. The van der Waals surface area contributed by atoms with E-state index in [4.69, 9.17) is 0 Å². The molecule has 1 aromatic rings. The topological polar surface area (TPSA) is 25.8 Å². The third-order valence-electron chi connectivity index (χ3n) is 1.15. The van der Waals surface area contributed by atoms with E-state index < -0.39 is 0 Å². The molecule has 0 aliphatic carbocycles. The van der Waals surface area contributed by atoms with Gasteiger partial charge in [0.25, 0.3) is 0 Å². The lowest BCUT2D eigenvalue weighted by Gasteiger charge is -2.00. The third kappa shape index (κ3) is 2.62. The van der Waals surface area contributed by atoms with E-state index in [9.17, 15) is 0 Å². The van der Waals surface area contributed by atoms with E-state index in [0.29, 0.717) is 0 Å². The maximum atomic E-state index is 4.31. The quantitative estimate of drug-likeness (QED) is 0.572. The Morgan fingerprint density at radius 3 is 2.45 bits per heavy atom. The number of alkyl halides is 2. The van der Waals surface area contributed by atoms with Crippen molar-refractivity contribution in [2.24, 2.45) is 0 Å². The Bertz CT molecular complexity index is 254. The van der Waals surface area contributed by atoms with E-state index in [1.54, 1.807) is 6.20 Å². The zero-order valence-electron chi connectivity index (χ0n) is 5.52. The van der Waals surface area contributed by atoms with E-state index in [-0.39, 0.29) is 0 Å².